The number of aryl methyl sites for hydroxylation is 1. The molecule has 1 fully saturated rings. The summed E-state index contributed by atoms with van der Waals surface area (Å²) in [7, 11) is 0. The Morgan fingerprint density at radius 3 is 2.31 bits per heavy atom. The van der Waals surface area contributed by atoms with Crippen molar-refractivity contribution in [2.24, 2.45) is 5.16 Å². The maximum atomic E-state index is 11.3. The number of carboxylic acid groups (broad SMARTS) is 1. The normalized spacial score (nSPS) is 17.9. The molecule has 162 valence electrons. The summed E-state index contributed by atoms with van der Waals surface area (Å²) in [4.78, 5) is 16.3. The number of amides is 1. The molecule has 0 unspecified atom stereocenters. The predicted octanol–water partition coefficient (Wildman–Crippen LogP) is 5.58. The third kappa shape index (κ3) is 3.51. The molecule has 1 saturated carbocycles. The van der Waals surface area contributed by atoms with Gasteiger partial charge in [0.1, 0.15) is 0 Å². The Morgan fingerprint density at radius 2 is 1.69 bits per heavy atom. The van der Waals surface area contributed by atoms with Gasteiger partial charge in [-0.25, -0.2) is 4.79 Å². The van der Waals surface area contributed by atoms with Gasteiger partial charge in [-0.2, -0.15) is 0 Å². The van der Waals surface area contributed by atoms with Crippen molar-refractivity contribution < 1.29 is 15.1 Å². The molecule has 0 spiro atoms. The van der Waals surface area contributed by atoms with E-state index < -0.39 is 11.6 Å². The summed E-state index contributed by atoms with van der Waals surface area (Å²) in [6.07, 6.45) is 4.15. The zero-order chi connectivity index (χ0) is 22.1. The zero-order valence-electron chi connectivity index (χ0n) is 17.7. The van der Waals surface area contributed by atoms with Crippen LogP contribution in [0.15, 0.2) is 65.8 Å². The third-order valence-electron chi connectivity index (χ3n) is 6.71. The monoisotopic (exact) mass is 427 g/mol. The largest absolute Gasteiger partial charge is 0.465 e. The second kappa shape index (κ2) is 8.11. The summed E-state index contributed by atoms with van der Waals surface area (Å²) >= 11 is 0. The number of pyridine rings is 1. The topological polar surface area (TPSA) is 94.8 Å². The van der Waals surface area contributed by atoms with Crippen molar-refractivity contribution in [3.05, 3.63) is 77.5 Å². The van der Waals surface area contributed by atoms with Crippen LogP contribution < -0.4 is 5.32 Å². The van der Waals surface area contributed by atoms with Crippen LogP contribution in [-0.2, 0) is 12.0 Å². The van der Waals surface area contributed by atoms with E-state index in [4.69, 9.17) is 4.98 Å². The molecule has 3 aromatic rings. The molecule has 1 amide bonds. The van der Waals surface area contributed by atoms with Crippen molar-refractivity contribution in [3.8, 4) is 22.4 Å². The average Bonchev–Trinajstić information content (AvgIpc) is 2.80. The van der Waals surface area contributed by atoms with Crippen LogP contribution in [0.1, 0.15) is 48.9 Å². The van der Waals surface area contributed by atoms with Crippen LogP contribution in [0.5, 0.6) is 0 Å². The molecule has 2 aromatic carbocycles. The van der Waals surface area contributed by atoms with E-state index in [1.165, 1.54) is 0 Å². The van der Waals surface area contributed by atoms with Crippen molar-refractivity contribution in [2.75, 3.05) is 0 Å². The first-order valence-electron chi connectivity index (χ1n) is 11.0. The van der Waals surface area contributed by atoms with Crippen LogP contribution in [0.4, 0.5) is 4.79 Å². The van der Waals surface area contributed by atoms with Gasteiger partial charge in [-0.05, 0) is 55.7 Å². The Morgan fingerprint density at radius 1 is 0.938 bits per heavy atom. The number of rotatable bonds is 4. The predicted molar refractivity (Wildman–Crippen MR) is 123 cm³/mol. The SMILES string of the molecule is O=C(O)NC1(c2ccc(-c3nc4c(cc3-c3ccccc3)C(=NO)CCC4)cc2)CCC1. The number of nitrogens with one attached hydrogen (secondary N) is 1. The van der Waals surface area contributed by atoms with E-state index in [0.717, 1.165) is 77.7 Å². The van der Waals surface area contributed by atoms with Gasteiger partial charge < -0.3 is 15.6 Å². The van der Waals surface area contributed by atoms with E-state index in [-0.39, 0.29) is 0 Å². The van der Waals surface area contributed by atoms with Crippen molar-refractivity contribution in [1.82, 2.24) is 10.3 Å². The molecule has 2 aliphatic rings. The fraction of sp³-hybridized carbons (Fsp3) is 0.269. The van der Waals surface area contributed by atoms with E-state index in [1.807, 2.05) is 42.5 Å². The first-order chi connectivity index (χ1) is 15.6. The summed E-state index contributed by atoms with van der Waals surface area (Å²) in [5.41, 5.74) is 6.96. The lowest BCUT2D eigenvalue weighted by atomic mass is 9.71. The first kappa shape index (κ1) is 20.2. The van der Waals surface area contributed by atoms with Crippen molar-refractivity contribution in [2.45, 2.75) is 44.1 Å². The van der Waals surface area contributed by atoms with Crippen LogP contribution in [0, 0.1) is 0 Å². The molecule has 6 nitrogen and oxygen atoms in total. The maximum absolute atomic E-state index is 11.3. The van der Waals surface area contributed by atoms with Gasteiger partial charge >= 0.3 is 6.09 Å². The Hall–Kier alpha value is -3.67. The molecule has 2 aliphatic carbocycles. The van der Waals surface area contributed by atoms with Gasteiger partial charge in [0.05, 0.1) is 22.6 Å². The quantitative estimate of drug-likeness (QED) is 0.374. The highest BCUT2D eigenvalue weighted by Crippen LogP contribution is 2.42. The second-order valence-electron chi connectivity index (χ2n) is 8.59. The van der Waals surface area contributed by atoms with Crippen molar-refractivity contribution >= 4 is 11.8 Å². The highest BCUT2D eigenvalue weighted by atomic mass is 16.4. The lowest BCUT2D eigenvalue weighted by Crippen LogP contribution is -2.50. The van der Waals surface area contributed by atoms with E-state index in [0.29, 0.717) is 5.71 Å². The molecule has 0 saturated heterocycles. The number of benzene rings is 2. The smallest absolute Gasteiger partial charge is 0.405 e. The number of hydrogen-bond acceptors (Lipinski definition) is 4. The number of hydrogen-bond donors (Lipinski definition) is 3. The minimum absolute atomic E-state index is 0.484. The molecule has 1 aromatic heterocycles. The van der Waals surface area contributed by atoms with Crippen LogP contribution in [-0.4, -0.2) is 27.1 Å². The molecule has 3 N–H and O–H groups in total. The average molecular weight is 428 g/mol. The van der Waals surface area contributed by atoms with Gasteiger partial charge in [0, 0.05) is 16.7 Å². The minimum atomic E-state index is -0.988. The first-order valence-corrected chi connectivity index (χ1v) is 11.0. The van der Waals surface area contributed by atoms with Crippen molar-refractivity contribution in [3.63, 3.8) is 0 Å². The number of aromatic nitrogens is 1. The molecular formula is C26H25N3O3. The second-order valence-corrected chi connectivity index (χ2v) is 8.59. The van der Waals surface area contributed by atoms with E-state index in [2.05, 4.69) is 28.7 Å². The molecular weight excluding hydrogens is 402 g/mol. The highest BCUT2D eigenvalue weighted by molar-refractivity contribution is 6.03. The molecule has 0 radical (unpaired) electrons. The fourth-order valence-electron chi connectivity index (χ4n) is 4.88. The Kier molecular flexibility index (Phi) is 5.13. The number of nitrogens with zero attached hydrogens (tertiary/aromatic N) is 2. The lowest BCUT2D eigenvalue weighted by Gasteiger charge is -2.42. The summed E-state index contributed by atoms with van der Waals surface area (Å²) in [5, 5.41) is 25.0. The summed E-state index contributed by atoms with van der Waals surface area (Å²) in [6, 6.07) is 20.3. The van der Waals surface area contributed by atoms with E-state index in [9.17, 15) is 15.1 Å². The Balaban J connectivity index is 1.61. The third-order valence-corrected chi connectivity index (χ3v) is 6.71. The van der Waals surface area contributed by atoms with Gasteiger partial charge in [0.2, 0.25) is 0 Å². The number of oxime groups is 1. The Labute approximate surface area is 186 Å². The molecule has 0 bridgehead atoms. The standard InChI is InChI=1S/C26H25N3O3/c30-25(31)28-26(14-5-15-26)19-12-10-18(11-13-19)24-20(17-6-2-1-3-7-17)16-21-22(27-24)8-4-9-23(21)29-32/h1-3,6-7,10-13,16,28,32H,4-5,8-9,14-15H2,(H,30,31). The van der Waals surface area contributed by atoms with Gasteiger partial charge in [-0.1, -0.05) is 59.8 Å². The zero-order valence-corrected chi connectivity index (χ0v) is 17.7. The van der Waals surface area contributed by atoms with Crippen LogP contribution in [0.25, 0.3) is 22.4 Å². The van der Waals surface area contributed by atoms with Gasteiger partial charge in [-0.15, -0.1) is 0 Å². The van der Waals surface area contributed by atoms with E-state index >= 15 is 0 Å². The Bertz CT molecular complexity index is 1180. The van der Waals surface area contributed by atoms with E-state index in [1.54, 1.807) is 0 Å². The van der Waals surface area contributed by atoms with Gasteiger partial charge in [0.15, 0.2) is 0 Å². The molecule has 6 heteroatoms. The number of carbonyl (C=O) groups is 1. The summed E-state index contributed by atoms with van der Waals surface area (Å²) in [5.74, 6) is 0. The molecule has 5 rings (SSSR count). The summed E-state index contributed by atoms with van der Waals surface area (Å²) in [6.45, 7) is 0. The van der Waals surface area contributed by atoms with Gasteiger partial charge in [0.25, 0.3) is 0 Å². The lowest BCUT2D eigenvalue weighted by molar-refractivity contribution is 0.144. The number of fused-ring (bicyclic) bond motifs is 1. The fourth-order valence-corrected chi connectivity index (χ4v) is 4.88. The maximum Gasteiger partial charge on any atom is 0.405 e. The van der Waals surface area contributed by atoms with Gasteiger partial charge in [-0.3, -0.25) is 4.98 Å². The van der Waals surface area contributed by atoms with Crippen LogP contribution in [0.2, 0.25) is 0 Å². The molecule has 1 heterocycles. The molecule has 32 heavy (non-hydrogen) atoms. The summed E-state index contributed by atoms with van der Waals surface area (Å²) < 4.78 is 0. The highest BCUT2D eigenvalue weighted by Gasteiger charge is 2.40. The van der Waals surface area contributed by atoms with Crippen LogP contribution >= 0.6 is 0 Å². The van der Waals surface area contributed by atoms with Crippen LogP contribution in [0.3, 0.4) is 0 Å². The molecule has 0 atom stereocenters. The molecule has 0 aliphatic heterocycles. The minimum Gasteiger partial charge on any atom is -0.465 e. The van der Waals surface area contributed by atoms with Crippen molar-refractivity contribution in [1.29, 1.82) is 0 Å².